The molecule has 2 aromatic heterocycles. The summed E-state index contributed by atoms with van der Waals surface area (Å²) in [6, 6.07) is 5.59. The number of nitrogens with one attached hydrogen (secondary N) is 1. The van der Waals surface area contributed by atoms with Crippen LogP contribution in [-0.4, -0.2) is 33.9 Å². The molecule has 21 heavy (non-hydrogen) atoms. The summed E-state index contributed by atoms with van der Waals surface area (Å²) in [6.07, 6.45) is 4.80. The van der Waals surface area contributed by atoms with Crippen LogP contribution < -0.4 is 10.2 Å². The van der Waals surface area contributed by atoms with Crippen LogP contribution in [0.4, 0.5) is 5.95 Å². The first-order valence-corrected chi connectivity index (χ1v) is 6.99. The average Bonchev–Trinajstić information content (AvgIpc) is 2.55. The molecule has 1 N–H and O–H groups in total. The second-order valence-electron chi connectivity index (χ2n) is 4.45. The van der Waals surface area contributed by atoms with E-state index in [9.17, 15) is 4.79 Å². The van der Waals surface area contributed by atoms with Gasteiger partial charge in [0.2, 0.25) is 5.95 Å². The maximum Gasteiger partial charge on any atom is 0.254 e. The van der Waals surface area contributed by atoms with Gasteiger partial charge in [-0.05, 0) is 26.0 Å². The Kier molecular flexibility index (Phi) is 5.20. The van der Waals surface area contributed by atoms with Crippen molar-refractivity contribution in [2.24, 2.45) is 0 Å². The summed E-state index contributed by atoms with van der Waals surface area (Å²) in [5.74, 6) is 0.438. The molecule has 6 nitrogen and oxygen atoms in total. The van der Waals surface area contributed by atoms with Crippen molar-refractivity contribution >= 4 is 11.9 Å². The standard InChI is InChI=1S/C15H19N5O/c1-3-20(4-2)15-18-9-12(10-19-15)14(21)17-11-13-7-5-6-8-16-13/h5-10H,3-4,11H2,1-2H3,(H,17,21). The molecule has 0 aromatic carbocycles. The fraction of sp³-hybridized carbons (Fsp3) is 0.333. The molecule has 110 valence electrons. The Balaban J connectivity index is 1.97. The number of carbonyl (C=O) groups is 1. The molecule has 2 aromatic rings. The first-order chi connectivity index (χ1) is 10.2. The molecular formula is C15H19N5O. The molecule has 2 rings (SSSR count). The van der Waals surface area contributed by atoms with Crippen LogP contribution in [0.1, 0.15) is 29.9 Å². The Morgan fingerprint density at radius 3 is 2.43 bits per heavy atom. The van der Waals surface area contributed by atoms with E-state index in [0.717, 1.165) is 18.8 Å². The smallest absolute Gasteiger partial charge is 0.254 e. The van der Waals surface area contributed by atoms with E-state index < -0.39 is 0 Å². The molecule has 6 heteroatoms. The molecule has 0 fully saturated rings. The van der Waals surface area contributed by atoms with Crippen molar-refractivity contribution in [1.29, 1.82) is 0 Å². The van der Waals surface area contributed by atoms with Gasteiger partial charge >= 0.3 is 0 Å². The topological polar surface area (TPSA) is 71.0 Å². The average molecular weight is 285 g/mol. The third-order valence-electron chi connectivity index (χ3n) is 3.10. The Hall–Kier alpha value is -2.50. The van der Waals surface area contributed by atoms with Gasteiger partial charge in [0.05, 0.1) is 17.8 Å². The number of pyridine rings is 1. The molecule has 0 unspecified atom stereocenters. The predicted molar refractivity (Wildman–Crippen MR) is 81.0 cm³/mol. The highest BCUT2D eigenvalue weighted by Crippen LogP contribution is 2.06. The zero-order valence-electron chi connectivity index (χ0n) is 12.3. The van der Waals surface area contributed by atoms with Crippen molar-refractivity contribution in [2.45, 2.75) is 20.4 Å². The van der Waals surface area contributed by atoms with E-state index in [4.69, 9.17) is 0 Å². The van der Waals surface area contributed by atoms with Gasteiger partial charge in [-0.3, -0.25) is 9.78 Å². The zero-order chi connectivity index (χ0) is 15.1. The van der Waals surface area contributed by atoms with Gasteiger partial charge in [-0.15, -0.1) is 0 Å². The number of aromatic nitrogens is 3. The fourth-order valence-corrected chi connectivity index (χ4v) is 1.88. The second kappa shape index (κ2) is 7.33. The Bertz CT molecular complexity index is 566. The SMILES string of the molecule is CCN(CC)c1ncc(C(=O)NCc2ccccn2)cn1. The summed E-state index contributed by atoms with van der Waals surface area (Å²) in [6.45, 7) is 6.14. The molecule has 0 aliphatic carbocycles. The highest BCUT2D eigenvalue weighted by molar-refractivity contribution is 5.93. The van der Waals surface area contributed by atoms with Gasteiger partial charge < -0.3 is 10.2 Å². The van der Waals surface area contributed by atoms with Gasteiger partial charge in [-0.25, -0.2) is 9.97 Å². The lowest BCUT2D eigenvalue weighted by Gasteiger charge is -2.17. The largest absolute Gasteiger partial charge is 0.346 e. The van der Waals surface area contributed by atoms with Crippen LogP contribution in [-0.2, 0) is 6.54 Å². The monoisotopic (exact) mass is 285 g/mol. The molecular weight excluding hydrogens is 266 g/mol. The summed E-state index contributed by atoms with van der Waals surface area (Å²) in [5.41, 5.74) is 1.26. The van der Waals surface area contributed by atoms with E-state index in [1.54, 1.807) is 18.6 Å². The van der Waals surface area contributed by atoms with Gasteiger partial charge in [0.25, 0.3) is 5.91 Å². The molecule has 0 atom stereocenters. The van der Waals surface area contributed by atoms with Crippen molar-refractivity contribution in [1.82, 2.24) is 20.3 Å². The molecule has 0 spiro atoms. The van der Waals surface area contributed by atoms with E-state index in [2.05, 4.69) is 20.3 Å². The third kappa shape index (κ3) is 3.98. The Labute approximate surface area is 124 Å². The van der Waals surface area contributed by atoms with Crippen LogP contribution in [0, 0.1) is 0 Å². The van der Waals surface area contributed by atoms with Crippen LogP contribution in [0.25, 0.3) is 0 Å². The molecule has 0 radical (unpaired) electrons. The van der Waals surface area contributed by atoms with Crippen LogP contribution >= 0.6 is 0 Å². The number of hydrogen-bond donors (Lipinski definition) is 1. The van der Waals surface area contributed by atoms with Gasteiger partial charge in [0.15, 0.2) is 0 Å². The fourth-order valence-electron chi connectivity index (χ4n) is 1.88. The first-order valence-electron chi connectivity index (χ1n) is 6.99. The zero-order valence-corrected chi connectivity index (χ0v) is 12.3. The molecule has 0 aliphatic heterocycles. The number of anilines is 1. The summed E-state index contributed by atoms with van der Waals surface area (Å²) in [4.78, 5) is 26.7. The van der Waals surface area contributed by atoms with Gasteiger partial charge in [-0.1, -0.05) is 6.07 Å². The van der Waals surface area contributed by atoms with Gasteiger partial charge in [0.1, 0.15) is 0 Å². The highest BCUT2D eigenvalue weighted by Gasteiger charge is 2.09. The van der Waals surface area contributed by atoms with Crippen molar-refractivity contribution in [3.63, 3.8) is 0 Å². The minimum atomic E-state index is -0.202. The van der Waals surface area contributed by atoms with Crippen LogP contribution in [0.15, 0.2) is 36.8 Å². The summed E-state index contributed by atoms with van der Waals surface area (Å²) in [5, 5.41) is 2.80. The number of carbonyl (C=O) groups excluding carboxylic acids is 1. The van der Waals surface area contributed by atoms with Crippen molar-refractivity contribution in [3.05, 3.63) is 48.0 Å². The van der Waals surface area contributed by atoms with Crippen LogP contribution in [0.5, 0.6) is 0 Å². The first kappa shape index (κ1) is 14.9. The maximum atomic E-state index is 12.0. The Morgan fingerprint density at radius 2 is 1.86 bits per heavy atom. The Morgan fingerprint density at radius 1 is 1.14 bits per heavy atom. The normalized spacial score (nSPS) is 10.2. The maximum absolute atomic E-state index is 12.0. The lowest BCUT2D eigenvalue weighted by atomic mass is 10.3. The molecule has 0 saturated carbocycles. The van der Waals surface area contributed by atoms with Crippen molar-refractivity contribution < 1.29 is 4.79 Å². The van der Waals surface area contributed by atoms with E-state index in [1.165, 1.54) is 0 Å². The van der Waals surface area contributed by atoms with E-state index in [1.807, 2.05) is 36.9 Å². The van der Waals surface area contributed by atoms with Gasteiger partial charge in [0, 0.05) is 31.7 Å². The van der Waals surface area contributed by atoms with Gasteiger partial charge in [-0.2, -0.15) is 0 Å². The third-order valence-corrected chi connectivity index (χ3v) is 3.10. The lowest BCUT2D eigenvalue weighted by molar-refractivity contribution is 0.0949. The van der Waals surface area contributed by atoms with Crippen LogP contribution in [0.2, 0.25) is 0 Å². The molecule has 1 amide bonds. The quantitative estimate of drug-likeness (QED) is 0.873. The summed E-state index contributed by atoms with van der Waals surface area (Å²) >= 11 is 0. The minimum Gasteiger partial charge on any atom is -0.346 e. The number of hydrogen-bond acceptors (Lipinski definition) is 5. The van der Waals surface area contributed by atoms with E-state index in [0.29, 0.717) is 18.1 Å². The molecule has 0 saturated heterocycles. The highest BCUT2D eigenvalue weighted by atomic mass is 16.1. The molecule has 2 heterocycles. The van der Waals surface area contributed by atoms with Crippen molar-refractivity contribution in [2.75, 3.05) is 18.0 Å². The predicted octanol–water partition coefficient (Wildman–Crippen LogP) is 1.65. The summed E-state index contributed by atoms with van der Waals surface area (Å²) in [7, 11) is 0. The second-order valence-corrected chi connectivity index (χ2v) is 4.45. The van der Waals surface area contributed by atoms with Crippen LogP contribution in [0.3, 0.4) is 0 Å². The van der Waals surface area contributed by atoms with E-state index >= 15 is 0 Å². The number of nitrogens with zero attached hydrogens (tertiary/aromatic N) is 4. The number of rotatable bonds is 6. The van der Waals surface area contributed by atoms with Crippen molar-refractivity contribution in [3.8, 4) is 0 Å². The molecule has 0 aliphatic rings. The lowest BCUT2D eigenvalue weighted by Crippen LogP contribution is -2.26. The molecule has 0 bridgehead atoms. The minimum absolute atomic E-state index is 0.202. The summed E-state index contributed by atoms with van der Waals surface area (Å²) < 4.78 is 0. The van der Waals surface area contributed by atoms with E-state index in [-0.39, 0.29) is 5.91 Å². The number of amides is 1.